The van der Waals surface area contributed by atoms with Gasteiger partial charge in [-0.3, -0.25) is 0 Å². The fourth-order valence-electron chi connectivity index (χ4n) is 1.07. The van der Waals surface area contributed by atoms with Crippen molar-refractivity contribution in [2.75, 3.05) is 7.11 Å². The lowest BCUT2D eigenvalue weighted by Gasteiger charge is -2.10. The molecule has 0 saturated heterocycles. The standard InChI is InChI=1S/C9H13NO/c1-11-9-4-2-8(3-5-9)6-7-10/h2,4,6-7H,3,5,10H2,1H3/b7-6+. The first-order chi connectivity index (χ1) is 5.36. The van der Waals surface area contributed by atoms with Gasteiger partial charge in [-0.05, 0) is 30.3 Å². The zero-order chi connectivity index (χ0) is 8.10. The van der Waals surface area contributed by atoms with Crippen LogP contribution in [-0.4, -0.2) is 7.11 Å². The van der Waals surface area contributed by atoms with Gasteiger partial charge in [0.1, 0.15) is 0 Å². The summed E-state index contributed by atoms with van der Waals surface area (Å²) in [6.07, 6.45) is 9.50. The summed E-state index contributed by atoms with van der Waals surface area (Å²) < 4.78 is 5.08. The summed E-state index contributed by atoms with van der Waals surface area (Å²) in [6, 6.07) is 0. The van der Waals surface area contributed by atoms with Crippen molar-refractivity contribution in [3.8, 4) is 0 Å². The Bertz CT molecular complexity index is 214. The van der Waals surface area contributed by atoms with Crippen molar-refractivity contribution in [2.45, 2.75) is 12.8 Å². The fraction of sp³-hybridized carbons (Fsp3) is 0.333. The molecule has 1 aliphatic rings. The molecule has 0 aromatic rings. The number of nitrogens with two attached hydrogens (primary N) is 1. The molecule has 0 aromatic carbocycles. The summed E-state index contributed by atoms with van der Waals surface area (Å²) in [5.41, 5.74) is 6.51. The number of hydrogen-bond acceptors (Lipinski definition) is 2. The Morgan fingerprint density at radius 1 is 1.45 bits per heavy atom. The largest absolute Gasteiger partial charge is 0.501 e. The molecule has 0 amide bonds. The average molecular weight is 151 g/mol. The van der Waals surface area contributed by atoms with Crippen LogP contribution in [0.3, 0.4) is 0 Å². The van der Waals surface area contributed by atoms with Gasteiger partial charge in [0.15, 0.2) is 0 Å². The Labute approximate surface area is 67.0 Å². The van der Waals surface area contributed by atoms with Gasteiger partial charge >= 0.3 is 0 Å². The van der Waals surface area contributed by atoms with Crippen LogP contribution in [0.2, 0.25) is 0 Å². The quantitative estimate of drug-likeness (QED) is 0.652. The highest BCUT2D eigenvalue weighted by Gasteiger charge is 2.02. The summed E-state index contributed by atoms with van der Waals surface area (Å²) in [5.74, 6) is 1.04. The first-order valence-electron chi connectivity index (χ1n) is 3.69. The maximum Gasteiger partial charge on any atom is 0.0958 e. The number of rotatable bonds is 2. The predicted octanol–water partition coefficient (Wildman–Crippen LogP) is 1.71. The molecular formula is C9H13NO. The van der Waals surface area contributed by atoms with Crippen LogP contribution in [0.5, 0.6) is 0 Å². The van der Waals surface area contributed by atoms with E-state index in [4.69, 9.17) is 10.5 Å². The SMILES string of the molecule is COC1=CC=C(/C=C/N)CC1. The molecule has 0 spiro atoms. The van der Waals surface area contributed by atoms with Gasteiger partial charge in [-0.2, -0.15) is 0 Å². The molecule has 0 radical (unpaired) electrons. The summed E-state index contributed by atoms with van der Waals surface area (Å²) in [6.45, 7) is 0. The van der Waals surface area contributed by atoms with E-state index in [9.17, 15) is 0 Å². The molecule has 0 unspecified atom stereocenters. The third-order valence-corrected chi connectivity index (χ3v) is 1.72. The monoisotopic (exact) mass is 151 g/mol. The predicted molar refractivity (Wildman–Crippen MR) is 45.7 cm³/mol. The number of allylic oxidation sites excluding steroid dienone is 5. The molecule has 2 N–H and O–H groups in total. The Morgan fingerprint density at radius 3 is 2.73 bits per heavy atom. The second-order valence-electron chi connectivity index (χ2n) is 2.44. The third kappa shape index (κ3) is 2.15. The van der Waals surface area contributed by atoms with E-state index in [2.05, 4.69) is 0 Å². The molecule has 2 heteroatoms. The van der Waals surface area contributed by atoms with Crippen LogP contribution in [0.25, 0.3) is 0 Å². The minimum absolute atomic E-state index is 0.979. The highest BCUT2D eigenvalue weighted by atomic mass is 16.5. The molecule has 11 heavy (non-hydrogen) atoms. The van der Waals surface area contributed by atoms with E-state index >= 15 is 0 Å². The van der Waals surface area contributed by atoms with Crippen molar-refractivity contribution >= 4 is 0 Å². The lowest BCUT2D eigenvalue weighted by atomic mass is 10.0. The molecule has 0 heterocycles. The molecule has 0 aromatic heterocycles. The van der Waals surface area contributed by atoms with Crippen LogP contribution in [0, 0.1) is 0 Å². The molecule has 2 nitrogen and oxygen atoms in total. The molecule has 0 bridgehead atoms. The van der Waals surface area contributed by atoms with Gasteiger partial charge in [0, 0.05) is 6.42 Å². The Kier molecular flexibility index (Phi) is 2.78. The fourth-order valence-corrected chi connectivity index (χ4v) is 1.07. The molecule has 0 fully saturated rings. The first-order valence-corrected chi connectivity index (χ1v) is 3.69. The highest BCUT2D eigenvalue weighted by molar-refractivity contribution is 5.28. The summed E-state index contributed by atoms with van der Waals surface area (Å²) >= 11 is 0. The van der Waals surface area contributed by atoms with Gasteiger partial charge in [0.25, 0.3) is 0 Å². The molecular weight excluding hydrogens is 138 g/mol. The van der Waals surface area contributed by atoms with Crippen LogP contribution in [0.15, 0.2) is 35.8 Å². The summed E-state index contributed by atoms with van der Waals surface area (Å²) in [4.78, 5) is 0. The molecule has 0 aliphatic heterocycles. The normalized spacial score (nSPS) is 17.9. The Hall–Kier alpha value is -1.18. The van der Waals surface area contributed by atoms with Gasteiger partial charge < -0.3 is 10.5 Å². The van der Waals surface area contributed by atoms with Crippen LogP contribution in [0.4, 0.5) is 0 Å². The smallest absolute Gasteiger partial charge is 0.0958 e. The molecule has 0 atom stereocenters. The van der Waals surface area contributed by atoms with Crippen molar-refractivity contribution in [3.63, 3.8) is 0 Å². The Balaban J connectivity index is 2.61. The van der Waals surface area contributed by atoms with Crippen LogP contribution < -0.4 is 5.73 Å². The van der Waals surface area contributed by atoms with E-state index in [1.165, 1.54) is 5.57 Å². The second kappa shape index (κ2) is 3.86. The molecule has 0 saturated carbocycles. The summed E-state index contributed by atoms with van der Waals surface area (Å²) in [7, 11) is 1.70. The van der Waals surface area contributed by atoms with Crippen molar-refractivity contribution in [1.29, 1.82) is 0 Å². The molecule has 60 valence electrons. The topological polar surface area (TPSA) is 35.2 Å². The van der Waals surface area contributed by atoms with Crippen LogP contribution in [0.1, 0.15) is 12.8 Å². The third-order valence-electron chi connectivity index (χ3n) is 1.72. The number of hydrogen-bond donors (Lipinski definition) is 1. The van der Waals surface area contributed by atoms with Crippen LogP contribution >= 0.6 is 0 Å². The first kappa shape index (κ1) is 7.92. The molecule has 1 aliphatic carbocycles. The van der Waals surface area contributed by atoms with Crippen molar-refractivity contribution in [2.24, 2.45) is 5.73 Å². The minimum Gasteiger partial charge on any atom is -0.501 e. The van der Waals surface area contributed by atoms with E-state index < -0.39 is 0 Å². The van der Waals surface area contributed by atoms with Crippen molar-refractivity contribution in [1.82, 2.24) is 0 Å². The van der Waals surface area contributed by atoms with E-state index in [1.807, 2.05) is 18.2 Å². The summed E-state index contributed by atoms with van der Waals surface area (Å²) in [5, 5.41) is 0. The zero-order valence-electron chi connectivity index (χ0n) is 6.71. The van der Waals surface area contributed by atoms with Crippen molar-refractivity contribution in [3.05, 3.63) is 35.8 Å². The van der Waals surface area contributed by atoms with Gasteiger partial charge in [0.2, 0.25) is 0 Å². The highest BCUT2D eigenvalue weighted by Crippen LogP contribution is 2.18. The molecule has 1 rings (SSSR count). The van der Waals surface area contributed by atoms with E-state index in [-0.39, 0.29) is 0 Å². The number of methoxy groups -OCH3 is 1. The lowest BCUT2D eigenvalue weighted by molar-refractivity contribution is 0.276. The van der Waals surface area contributed by atoms with E-state index in [0.717, 1.165) is 18.6 Å². The van der Waals surface area contributed by atoms with Crippen LogP contribution in [-0.2, 0) is 4.74 Å². The Morgan fingerprint density at radius 2 is 2.27 bits per heavy atom. The van der Waals surface area contributed by atoms with Gasteiger partial charge in [0.05, 0.1) is 12.9 Å². The maximum absolute atomic E-state index is 5.25. The average Bonchev–Trinajstić information content (AvgIpc) is 2.07. The lowest BCUT2D eigenvalue weighted by Crippen LogP contribution is -1.94. The minimum atomic E-state index is 0.979. The van der Waals surface area contributed by atoms with Gasteiger partial charge in [-0.15, -0.1) is 0 Å². The van der Waals surface area contributed by atoms with Gasteiger partial charge in [-0.1, -0.05) is 6.08 Å². The number of ether oxygens (including phenoxy) is 1. The zero-order valence-corrected chi connectivity index (χ0v) is 6.71. The second-order valence-corrected chi connectivity index (χ2v) is 2.44. The maximum atomic E-state index is 5.25. The van der Waals surface area contributed by atoms with Crippen molar-refractivity contribution < 1.29 is 4.74 Å². The van der Waals surface area contributed by atoms with E-state index in [0.29, 0.717) is 0 Å². The van der Waals surface area contributed by atoms with Gasteiger partial charge in [-0.25, -0.2) is 0 Å². The van der Waals surface area contributed by atoms with E-state index in [1.54, 1.807) is 13.3 Å².